The molecule has 0 aromatic carbocycles. The number of hydrogen-bond acceptors (Lipinski definition) is 4. The number of hydrazone groups is 1. The van der Waals surface area contributed by atoms with E-state index in [1.54, 1.807) is 6.08 Å². The molecule has 2 atom stereocenters. The summed E-state index contributed by atoms with van der Waals surface area (Å²) in [7, 11) is 0. The molecule has 20 heavy (non-hydrogen) atoms. The predicted octanol–water partition coefficient (Wildman–Crippen LogP) is 1.75. The summed E-state index contributed by atoms with van der Waals surface area (Å²) in [5.41, 5.74) is 9.82. The van der Waals surface area contributed by atoms with Crippen molar-refractivity contribution in [1.82, 2.24) is 5.43 Å². The lowest BCUT2D eigenvalue weighted by Crippen LogP contribution is -2.30. The highest BCUT2D eigenvalue weighted by Gasteiger charge is 2.43. The third-order valence-corrected chi connectivity index (χ3v) is 4.28. The fourth-order valence-electron chi connectivity index (χ4n) is 3.10. The van der Waals surface area contributed by atoms with Gasteiger partial charge in [-0.25, -0.2) is 5.43 Å². The Balaban J connectivity index is 2.16. The number of nitrogens with one attached hydrogen (secondary N) is 2. The molecule has 0 aliphatic heterocycles. The van der Waals surface area contributed by atoms with Gasteiger partial charge in [0.1, 0.15) is 0 Å². The van der Waals surface area contributed by atoms with Crippen molar-refractivity contribution in [2.24, 2.45) is 22.2 Å². The lowest BCUT2D eigenvalue weighted by molar-refractivity contribution is -0.403. The first-order chi connectivity index (χ1) is 9.41. The SMILES string of the molecule is C[C@]12CC/C(=N\NC(=N)N)C=C1CC[C@@H]2/C=C/[N+](=O)[O-]. The zero-order chi connectivity index (χ0) is 14.8. The minimum atomic E-state index is -0.405. The molecule has 0 unspecified atom stereocenters. The zero-order valence-corrected chi connectivity index (χ0v) is 11.4. The molecule has 0 bridgehead atoms. The van der Waals surface area contributed by atoms with Crippen LogP contribution in [0.1, 0.15) is 32.6 Å². The maximum Gasteiger partial charge on any atom is 0.230 e. The Hall–Kier alpha value is -2.18. The number of nitrogens with two attached hydrogens (primary N) is 1. The number of nitro groups is 1. The number of nitrogens with zero attached hydrogens (tertiary/aromatic N) is 2. The van der Waals surface area contributed by atoms with Crippen LogP contribution in [-0.4, -0.2) is 16.6 Å². The van der Waals surface area contributed by atoms with Crippen LogP contribution in [0.5, 0.6) is 0 Å². The third-order valence-electron chi connectivity index (χ3n) is 4.28. The van der Waals surface area contributed by atoms with Crippen molar-refractivity contribution in [2.45, 2.75) is 32.6 Å². The molecule has 0 amide bonds. The van der Waals surface area contributed by atoms with Crippen LogP contribution in [0.25, 0.3) is 0 Å². The predicted molar refractivity (Wildman–Crippen MR) is 76.8 cm³/mol. The lowest BCUT2D eigenvalue weighted by Gasteiger charge is -2.34. The van der Waals surface area contributed by atoms with E-state index in [0.717, 1.165) is 37.6 Å². The van der Waals surface area contributed by atoms with E-state index in [0.29, 0.717) is 0 Å². The van der Waals surface area contributed by atoms with Crippen LogP contribution in [0.15, 0.2) is 29.0 Å². The standard InChI is InChI=1S/C13H19N5O2/c1-13-6-4-11(16-17-12(14)15)8-10(13)3-2-9(13)5-7-18(19)20/h5,7-9H,2-4,6H2,1H3,(H4,14,15,17)/b7-5+,16-11+/t9-,13-/m1/s1. The van der Waals surface area contributed by atoms with Gasteiger partial charge in [-0.3, -0.25) is 15.5 Å². The molecule has 1 saturated carbocycles. The average Bonchev–Trinajstić information content (AvgIpc) is 2.70. The Morgan fingerprint density at radius 2 is 2.45 bits per heavy atom. The van der Waals surface area contributed by atoms with Crippen LogP contribution >= 0.6 is 0 Å². The van der Waals surface area contributed by atoms with Crippen LogP contribution in [0.3, 0.4) is 0 Å². The smallest absolute Gasteiger partial charge is 0.230 e. The van der Waals surface area contributed by atoms with Crippen LogP contribution in [0.2, 0.25) is 0 Å². The van der Waals surface area contributed by atoms with Gasteiger partial charge in [-0.2, -0.15) is 5.10 Å². The Bertz CT molecular complexity index is 523. The highest BCUT2D eigenvalue weighted by atomic mass is 16.6. The summed E-state index contributed by atoms with van der Waals surface area (Å²) >= 11 is 0. The molecule has 7 nitrogen and oxygen atoms in total. The van der Waals surface area contributed by atoms with Crippen LogP contribution < -0.4 is 11.2 Å². The van der Waals surface area contributed by atoms with E-state index in [4.69, 9.17) is 11.1 Å². The molecule has 0 spiro atoms. The molecule has 0 aromatic heterocycles. The summed E-state index contributed by atoms with van der Waals surface area (Å²) in [6.07, 6.45) is 8.37. The van der Waals surface area contributed by atoms with Crippen LogP contribution in [0.4, 0.5) is 0 Å². The molecular formula is C13H19N5O2. The second-order valence-corrected chi connectivity index (χ2v) is 5.49. The van der Waals surface area contributed by atoms with Crippen molar-refractivity contribution >= 4 is 11.7 Å². The summed E-state index contributed by atoms with van der Waals surface area (Å²) in [5.74, 6) is 0.0314. The summed E-state index contributed by atoms with van der Waals surface area (Å²) in [4.78, 5) is 10.1. The van der Waals surface area contributed by atoms with E-state index in [-0.39, 0.29) is 17.3 Å². The highest BCUT2D eigenvalue weighted by molar-refractivity contribution is 5.97. The largest absolute Gasteiger partial charge is 0.369 e. The summed E-state index contributed by atoms with van der Waals surface area (Å²) < 4.78 is 0. The van der Waals surface area contributed by atoms with Gasteiger partial charge in [-0.15, -0.1) is 0 Å². The summed E-state index contributed by atoms with van der Waals surface area (Å²) in [6.45, 7) is 2.16. The Labute approximate surface area is 117 Å². The van der Waals surface area contributed by atoms with E-state index in [2.05, 4.69) is 17.5 Å². The fraction of sp³-hybridized carbons (Fsp3) is 0.538. The summed E-state index contributed by atoms with van der Waals surface area (Å²) in [5, 5.41) is 21.6. The number of fused-ring (bicyclic) bond motifs is 1. The number of allylic oxidation sites excluding steroid dienone is 3. The van der Waals surface area contributed by atoms with Gasteiger partial charge in [0.25, 0.3) is 0 Å². The maximum absolute atomic E-state index is 10.5. The normalized spacial score (nSPS) is 31.1. The molecule has 0 radical (unpaired) electrons. The second kappa shape index (κ2) is 5.44. The highest BCUT2D eigenvalue weighted by Crippen LogP contribution is 2.52. The van der Waals surface area contributed by atoms with E-state index in [9.17, 15) is 10.1 Å². The third kappa shape index (κ3) is 2.87. The molecule has 1 fully saturated rings. The second-order valence-electron chi connectivity index (χ2n) is 5.49. The molecular weight excluding hydrogens is 258 g/mol. The van der Waals surface area contributed by atoms with Gasteiger partial charge in [-0.1, -0.05) is 12.5 Å². The Morgan fingerprint density at radius 3 is 3.10 bits per heavy atom. The van der Waals surface area contributed by atoms with Gasteiger partial charge in [0.2, 0.25) is 12.2 Å². The number of hydrogen-bond donors (Lipinski definition) is 3. The quantitative estimate of drug-likeness (QED) is 0.315. The zero-order valence-electron chi connectivity index (χ0n) is 11.4. The van der Waals surface area contributed by atoms with Crippen molar-refractivity contribution in [3.63, 3.8) is 0 Å². The van der Waals surface area contributed by atoms with E-state index >= 15 is 0 Å². The van der Waals surface area contributed by atoms with Gasteiger partial charge in [0, 0.05) is 0 Å². The molecule has 2 aliphatic rings. The first-order valence-electron chi connectivity index (χ1n) is 6.61. The lowest BCUT2D eigenvalue weighted by atomic mass is 9.70. The molecule has 0 saturated heterocycles. The van der Waals surface area contributed by atoms with Crippen molar-refractivity contribution in [3.05, 3.63) is 34.0 Å². The topological polar surface area (TPSA) is 117 Å². The Morgan fingerprint density at radius 1 is 1.70 bits per heavy atom. The van der Waals surface area contributed by atoms with Gasteiger partial charge in [0.05, 0.1) is 10.6 Å². The van der Waals surface area contributed by atoms with Crippen molar-refractivity contribution < 1.29 is 4.92 Å². The van der Waals surface area contributed by atoms with Crippen molar-refractivity contribution in [2.75, 3.05) is 0 Å². The van der Waals surface area contributed by atoms with E-state index < -0.39 is 4.92 Å². The van der Waals surface area contributed by atoms with Crippen molar-refractivity contribution in [1.29, 1.82) is 5.41 Å². The molecule has 0 heterocycles. The maximum atomic E-state index is 10.5. The van der Waals surface area contributed by atoms with E-state index in [1.165, 1.54) is 5.57 Å². The van der Waals surface area contributed by atoms with E-state index in [1.807, 2.05) is 6.08 Å². The fourth-order valence-corrected chi connectivity index (χ4v) is 3.10. The summed E-state index contributed by atoms with van der Waals surface area (Å²) in [6, 6.07) is 0. The molecule has 2 rings (SSSR count). The molecule has 0 aromatic rings. The first-order valence-corrected chi connectivity index (χ1v) is 6.61. The number of rotatable bonds is 3. The monoisotopic (exact) mass is 277 g/mol. The molecule has 7 heteroatoms. The van der Waals surface area contributed by atoms with Crippen molar-refractivity contribution in [3.8, 4) is 0 Å². The molecule has 108 valence electrons. The minimum Gasteiger partial charge on any atom is -0.369 e. The van der Waals surface area contributed by atoms with Gasteiger partial charge in [-0.05, 0) is 49.2 Å². The minimum absolute atomic E-state index is 0.0121. The van der Waals surface area contributed by atoms with Gasteiger partial charge in [0.15, 0.2) is 0 Å². The number of guanidine groups is 1. The molecule has 4 N–H and O–H groups in total. The van der Waals surface area contributed by atoms with Crippen LogP contribution in [0, 0.1) is 26.9 Å². The average molecular weight is 277 g/mol. The van der Waals surface area contributed by atoms with Gasteiger partial charge < -0.3 is 5.73 Å². The molecule has 2 aliphatic carbocycles. The Kier molecular flexibility index (Phi) is 3.87. The van der Waals surface area contributed by atoms with Crippen LogP contribution in [-0.2, 0) is 0 Å². The van der Waals surface area contributed by atoms with Gasteiger partial charge >= 0.3 is 0 Å². The first kappa shape index (κ1) is 14.2.